The molecule has 1 aliphatic heterocycles. The largest absolute Gasteiger partial charge is 0.466 e. The van der Waals surface area contributed by atoms with E-state index in [9.17, 15) is 13.5 Å². The number of guanidine groups is 1. The minimum Gasteiger partial charge on any atom is -0.466 e. The van der Waals surface area contributed by atoms with Crippen molar-refractivity contribution in [2.24, 2.45) is 10.9 Å². The number of aryl methyl sites for hydroxylation is 2. The Kier molecular flexibility index (Phi) is 7.52. The van der Waals surface area contributed by atoms with E-state index in [1.807, 2.05) is 26.8 Å². The molecule has 28 heavy (non-hydrogen) atoms. The molecule has 1 unspecified atom stereocenters. The fourth-order valence-corrected chi connectivity index (χ4v) is 4.39. The Morgan fingerprint density at radius 1 is 1.36 bits per heavy atom. The molecule has 1 aromatic rings. The summed E-state index contributed by atoms with van der Waals surface area (Å²) in [5.41, 5.74) is -0.372. The molecule has 2 heterocycles. The summed E-state index contributed by atoms with van der Waals surface area (Å²) in [6.07, 6.45) is 2.91. The molecule has 0 radical (unpaired) electrons. The monoisotopic (exact) mass is 414 g/mol. The summed E-state index contributed by atoms with van der Waals surface area (Å²) in [6, 6.07) is 1.85. The third-order valence-electron chi connectivity index (χ3n) is 5.11. The highest BCUT2D eigenvalue weighted by molar-refractivity contribution is 7.88. The van der Waals surface area contributed by atoms with E-state index in [0.717, 1.165) is 30.7 Å². The van der Waals surface area contributed by atoms with Gasteiger partial charge in [0.2, 0.25) is 10.0 Å². The lowest BCUT2D eigenvalue weighted by molar-refractivity contribution is 0.0657. The lowest BCUT2D eigenvalue weighted by Crippen LogP contribution is -2.44. The summed E-state index contributed by atoms with van der Waals surface area (Å²) < 4.78 is 30.3. The molecule has 0 saturated carbocycles. The molecule has 1 fully saturated rings. The highest BCUT2D eigenvalue weighted by Gasteiger charge is 2.28. The van der Waals surface area contributed by atoms with E-state index in [1.54, 1.807) is 6.92 Å². The lowest BCUT2D eigenvalue weighted by Gasteiger charge is -2.30. The second-order valence-corrected chi connectivity index (χ2v) is 9.76. The minimum atomic E-state index is -3.10. The fourth-order valence-electron chi connectivity index (χ4n) is 3.51. The number of hydrogen-bond acceptors (Lipinski definition) is 5. The first kappa shape index (κ1) is 22.7. The summed E-state index contributed by atoms with van der Waals surface area (Å²) in [4.78, 5) is 4.55. The molecule has 0 aromatic carbocycles. The van der Waals surface area contributed by atoms with Gasteiger partial charge in [-0.05, 0) is 52.5 Å². The second kappa shape index (κ2) is 9.28. The zero-order valence-corrected chi connectivity index (χ0v) is 18.4. The van der Waals surface area contributed by atoms with Crippen LogP contribution >= 0.6 is 0 Å². The van der Waals surface area contributed by atoms with Crippen molar-refractivity contribution >= 4 is 16.0 Å². The summed E-state index contributed by atoms with van der Waals surface area (Å²) >= 11 is 0. The first-order valence-corrected chi connectivity index (χ1v) is 11.6. The van der Waals surface area contributed by atoms with Crippen molar-refractivity contribution in [3.63, 3.8) is 0 Å². The van der Waals surface area contributed by atoms with Gasteiger partial charge < -0.3 is 20.2 Å². The van der Waals surface area contributed by atoms with Gasteiger partial charge in [0, 0.05) is 31.7 Å². The number of aliphatic imine (C=N–C) groups is 1. The number of aliphatic hydroxyl groups is 1. The zero-order chi connectivity index (χ0) is 20.9. The summed E-state index contributed by atoms with van der Waals surface area (Å²) in [7, 11) is -3.10. The highest BCUT2D eigenvalue weighted by Crippen LogP contribution is 2.27. The molecule has 0 spiro atoms. The smallest absolute Gasteiger partial charge is 0.211 e. The number of sulfonamides is 1. The van der Waals surface area contributed by atoms with E-state index >= 15 is 0 Å². The number of piperidine rings is 1. The number of hydrogen-bond donors (Lipinski definition) is 3. The van der Waals surface area contributed by atoms with Gasteiger partial charge in [0.15, 0.2) is 5.96 Å². The maximum atomic E-state index is 11.6. The average molecular weight is 415 g/mol. The van der Waals surface area contributed by atoms with Crippen LogP contribution in [-0.2, 0) is 15.6 Å². The van der Waals surface area contributed by atoms with Crippen molar-refractivity contribution in [2.75, 3.05) is 39.0 Å². The van der Waals surface area contributed by atoms with Crippen LogP contribution in [0, 0.1) is 19.8 Å². The van der Waals surface area contributed by atoms with Crippen molar-refractivity contribution in [3.05, 3.63) is 23.2 Å². The van der Waals surface area contributed by atoms with Gasteiger partial charge >= 0.3 is 0 Å². The number of nitrogens with zero attached hydrogens (tertiary/aromatic N) is 2. The van der Waals surface area contributed by atoms with E-state index in [4.69, 9.17) is 4.42 Å². The molecule has 0 amide bonds. The highest BCUT2D eigenvalue weighted by atomic mass is 32.2. The number of rotatable bonds is 7. The van der Waals surface area contributed by atoms with Crippen molar-refractivity contribution in [1.82, 2.24) is 14.9 Å². The second-order valence-electron chi connectivity index (χ2n) is 7.78. The van der Waals surface area contributed by atoms with E-state index in [0.29, 0.717) is 37.3 Å². The molecular formula is C19H34N4O4S. The van der Waals surface area contributed by atoms with Gasteiger partial charge in [-0.2, -0.15) is 0 Å². The van der Waals surface area contributed by atoms with Gasteiger partial charge in [-0.3, -0.25) is 0 Å². The van der Waals surface area contributed by atoms with Crippen LogP contribution in [0.2, 0.25) is 0 Å². The molecule has 9 heteroatoms. The van der Waals surface area contributed by atoms with Crippen LogP contribution in [0.4, 0.5) is 0 Å². The third-order valence-corrected chi connectivity index (χ3v) is 6.41. The van der Waals surface area contributed by atoms with Crippen molar-refractivity contribution < 1.29 is 17.9 Å². The van der Waals surface area contributed by atoms with E-state index in [2.05, 4.69) is 15.6 Å². The molecule has 2 rings (SSSR count). The lowest BCUT2D eigenvalue weighted by atomic mass is 9.96. The van der Waals surface area contributed by atoms with Gasteiger partial charge in [0.05, 0.1) is 12.8 Å². The van der Waals surface area contributed by atoms with Crippen molar-refractivity contribution in [3.8, 4) is 0 Å². The third kappa shape index (κ3) is 6.22. The first-order chi connectivity index (χ1) is 13.0. The molecule has 8 nitrogen and oxygen atoms in total. The molecule has 3 N–H and O–H groups in total. The Morgan fingerprint density at radius 2 is 2.00 bits per heavy atom. The molecule has 0 bridgehead atoms. The molecule has 160 valence electrons. The van der Waals surface area contributed by atoms with Gasteiger partial charge in [-0.25, -0.2) is 17.7 Å². The Hall–Kier alpha value is -1.58. The van der Waals surface area contributed by atoms with Crippen LogP contribution in [0.3, 0.4) is 0 Å². The Bertz CT molecular complexity index is 778. The molecule has 1 aliphatic rings. The topological polar surface area (TPSA) is 107 Å². The van der Waals surface area contributed by atoms with Gasteiger partial charge in [-0.15, -0.1) is 0 Å². The normalized spacial score (nSPS) is 19.4. The predicted octanol–water partition coefficient (Wildman–Crippen LogP) is 1.33. The minimum absolute atomic E-state index is 0.203. The maximum Gasteiger partial charge on any atom is 0.211 e. The summed E-state index contributed by atoms with van der Waals surface area (Å²) in [5, 5.41) is 17.4. The summed E-state index contributed by atoms with van der Waals surface area (Å²) in [6.45, 7) is 10.2. The van der Waals surface area contributed by atoms with Crippen LogP contribution in [0.5, 0.6) is 0 Å². The molecule has 0 aliphatic carbocycles. The van der Waals surface area contributed by atoms with E-state index in [1.165, 1.54) is 10.6 Å². The van der Waals surface area contributed by atoms with Gasteiger partial charge in [-0.1, -0.05) is 0 Å². The summed E-state index contributed by atoms with van der Waals surface area (Å²) in [5.74, 6) is 2.50. The standard InChI is InChI=1S/C19H34N4O4S/c1-6-20-18(21-12-16-7-9-23(10-8-16)28(5,25)26)22-13-19(4,24)17-11-14(2)27-15(17)3/h11,16,24H,6-10,12-13H2,1-5H3,(H2,20,21,22). The van der Waals surface area contributed by atoms with Crippen LogP contribution in [0.25, 0.3) is 0 Å². The number of nitrogens with one attached hydrogen (secondary N) is 2. The van der Waals surface area contributed by atoms with E-state index < -0.39 is 15.6 Å². The van der Waals surface area contributed by atoms with E-state index in [-0.39, 0.29) is 6.54 Å². The maximum absolute atomic E-state index is 11.6. The molecule has 1 aromatic heterocycles. The van der Waals surface area contributed by atoms with Crippen LogP contribution in [0.1, 0.15) is 43.8 Å². The Balaban J connectivity index is 1.93. The van der Waals surface area contributed by atoms with Crippen LogP contribution in [-0.4, -0.2) is 62.8 Å². The van der Waals surface area contributed by atoms with Gasteiger partial charge in [0.1, 0.15) is 17.1 Å². The average Bonchev–Trinajstić information content (AvgIpc) is 2.96. The van der Waals surface area contributed by atoms with Crippen LogP contribution < -0.4 is 10.6 Å². The Morgan fingerprint density at radius 3 is 2.50 bits per heavy atom. The Labute approximate surface area is 168 Å². The van der Waals surface area contributed by atoms with Gasteiger partial charge in [0.25, 0.3) is 0 Å². The predicted molar refractivity (Wildman–Crippen MR) is 111 cm³/mol. The molecule has 1 atom stereocenters. The number of furan rings is 1. The SMILES string of the molecule is CCNC(=NCC(C)(O)c1cc(C)oc1C)NCC1CCN(S(C)(=O)=O)CC1. The van der Waals surface area contributed by atoms with Crippen molar-refractivity contribution in [2.45, 2.75) is 46.1 Å². The fraction of sp³-hybridized carbons (Fsp3) is 0.737. The first-order valence-electron chi connectivity index (χ1n) is 9.80. The zero-order valence-electron chi connectivity index (χ0n) is 17.6. The van der Waals surface area contributed by atoms with Crippen molar-refractivity contribution in [1.29, 1.82) is 0 Å². The quantitative estimate of drug-likeness (QED) is 0.459. The molecule has 1 saturated heterocycles. The van der Waals surface area contributed by atoms with Crippen LogP contribution in [0.15, 0.2) is 15.5 Å². The molecular weight excluding hydrogens is 380 g/mol.